The fraction of sp³-hybridized carbons (Fsp3) is 0.0943. The lowest BCUT2D eigenvalue weighted by Crippen LogP contribution is -2.28. The van der Waals surface area contributed by atoms with Crippen molar-refractivity contribution >= 4 is 97.4 Å². The summed E-state index contributed by atoms with van der Waals surface area (Å²) in [7, 11) is 7.54. The largest absolute Gasteiger partial charge is 0.456 e. The molecule has 0 unspecified atom stereocenters. The van der Waals surface area contributed by atoms with E-state index < -0.39 is 0 Å². The van der Waals surface area contributed by atoms with Gasteiger partial charge in [-0.25, -0.2) is 0 Å². The molecule has 4 heterocycles. The quantitative estimate of drug-likeness (QED) is 0.151. The molecule has 4 nitrogen and oxygen atoms in total. The second kappa shape index (κ2) is 13.5. The molecule has 59 heavy (non-hydrogen) atoms. The topological polar surface area (TPSA) is 32.8 Å². The van der Waals surface area contributed by atoms with Crippen LogP contribution in [0.15, 0.2) is 176 Å². The van der Waals surface area contributed by atoms with E-state index in [0.29, 0.717) is 12.0 Å². The van der Waals surface area contributed by atoms with E-state index in [2.05, 4.69) is 162 Å². The van der Waals surface area contributed by atoms with E-state index in [1.54, 1.807) is 0 Å². The summed E-state index contributed by atoms with van der Waals surface area (Å²) < 4.78 is 13.3. The van der Waals surface area contributed by atoms with Gasteiger partial charge >= 0.3 is 0 Å². The van der Waals surface area contributed by atoms with Gasteiger partial charge in [0.25, 0.3) is 0 Å². The van der Waals surface area contributed by atoms with Crippen LogP contribution in [0.1, 0.15) is 30.9 Å². The Morgan fingerprint density at radius 2 is 1.37 bits per heavy atom. The van der Waals surface area contributed by atoms with Gasteiger partial charge in [-0.15, -0.1) is 0 Å². The van der Waals surface area contributed by atoms with Crippen LogP contribution >= 0.6 is 11.8 Å². The number of hydrogen-bond donors (Lipinski definition) is 0. The molecular weight excluding hydrogens is 739 g/mol. The molecule has 6 heteroatoms. The number of hydrogen-bond acceptors (Lipinski definition) is 5. The molecule has 2 aliphatic rings. The normalized spacial score (nSPS) is 12.9. The Morgan fingerprint density at radius 3 is 2.24 bits per heavy atom. The van der Waals surface area contributed by atoms with Crippen molar-refractivity contribution in [3.63, 3.8) is 0 Å². The summed E-state index contributed by atoms with van der Waals surface area (Å²) in [6, 6.07) is 56.5. The number of fused-ring (bicyclic) bond motifs is 11. The second-order valence-corrected chi connectivity index (χ2v) is 16.7. The standard InChI is InChI=1S/C53H37BN2O2S/c1-2-3-14-32-25-26-40(37(29-32)33-15-5-4-6-16-33)56(42-27-28-46-50(51(42)54)35-18-8-11-22-45(35)57-46)43-30-38-34-17-7-10-21-44(34)58-53(38)49-36-19-13-24-48-52(36)55(31-39(43)49)41-20-9-12-23-47(41)59-48/h4-13,15-30H,2-3,14,31H2,1H3. The lowest BCUT2D eigenvalue weighted by Gasteiger charge is -2.40. The molecule has 2 aliphatic heterocycles. The van der Waals surface area contributed by atoms with Crippen molar-refractivity contribution in [2.24, 2.45) is 0 Å². The molecule has 2 radical (unpaired) electrons. The van der Waals surface area contributed by atoms with Crippen LogP contribution in [0.4, 0.5) is 28.4 Å². The van der Waals surface area contributed by atoms with Gasteiger partial charge in [-0.2, -0.15) is 0 Å². The van der Waals surface area contributed by atoms with Crippen molar-refractivity contribution in [2.75, 3.05) is 9.80 Å². The first-order valence-electron chi connectivity index (χ1n) is 20.5. The van der Waals surface area contributed by atoms with Crippen LogP contribution in [0, 0.1) is 0 Å². The molecule has 0 fully saturated rings. The zero-order chi connectivity index (χ0) is 39.2. The van der Waals surface area contributed by atoms with E-state index in [1.807, 2.05) is 23.9 Å². The lowest BCUT2D eigenvalue weighted by atomic mass is 9.85. The molecule has 2 aromatic heterocycles. The molecule has 0 aliphatic carbocycles. The van der Waals surface area contributed by atoms with E-state index in [4.69, 9.17) is 16.7 Å². The fourth-order valence-electron chi connectivity index (χ4n) is 9.52. The van der Waals surface area contributed by atoms with Gasteiger partial charge in [0.1, 0.15) is 30.2 Å². The van der Waals surface area contributed by atoms with Gasteiger partial charge < -0.3 is 18.6 Å². The average molecular weight is 777 g/mol. The lowest BCUT2D eigenvalue weighted by molar-refractivity contribution is 0.668. The van der Waals surface area contributed by atoms with Gasteiger partial charge in [0.2, 0.25) is 0 Å². The van der Waals surface area contributed by atoms with Gasteiger partial charge in [0.15, 0.2) is 0 Å². The molecule has 0 N–H and O–H groups in total. The number of para-hydroxylation sites is 4. The monoisotopic (exact) mass is 776 g/mol. The molecule has 0 saturated heterocycles. The highest BCUT2D eigenvalue weighted by atomic mass is 32.2. The Morgan fingerprint density at radius 1 is 0.627 bits per heavy atom. The minimum atomic E-state index is 0.641. The van der Waals surface area contributed by atoms with Crippen molar-refractivity contribution in [1.82, 2.24) is 0 Å². The first-order valence-corrected chi connectivity index (χ1v) is 21.3. The number of aryl methyl sites for hydroxylation is 1. The van der Waals surface area contributed by atoms with E-state index >= 15 is 0 Å². The second-order valence-electron chi connectivity index (χ2n) is 15.7. The van der Waals surface area contributed by atoms with Crippen molar-refractivity contribution in [3.05, 3.63) is 169 Å². The van der Waals surface area contributed by atoms with Crippen molar-refractivity contribution in [2.45, 2.75) is 42.5 Å². The maximum atomic E-state index is 7.54. The summed E-state index contributed by atoms with van der Waals surface area (Å²) in [6.45, 7) is 2.90. The third-order valence-corrected chi connectivity index (χ3v) is 13.3. The van der Waals surface area contributed by atoms with Gasteiger partial charge in [0.05, 0.1) is 29.3 Å². The minimum Gasteiger partial charge on any atom is -0.456 e. The van der Waals surface area contributed by atoms with E-state index in [9.17, 15) is 0 Å². The van der Waals surface area contributed by atoms with Crippen LogP contribution in [0.3, 0.4) is 0 Å². The highest BCUT2D eigenvalue weighted by molar-refractivity contribution is 7.99. The van der Waals surface area contributed by atoms with Gasteiger partial charge in [-0.05, 0) is 84.6 Å². The van der Waals surface area contributed by atoms with E-state index in [0.717, 1.165) is 96.9 Å². The molecule has 0 atom stereocenters. The number of anilines is 5. The number of nitrogens with zero attached hydrogens (tertiary/aromatic N) is 2. The highest BCUT2D eigenvalue weighted by Gasteiger charge is 2.36. The molecule has 10 aromatic rings. The van der Waals surface area contributed by atoms with E-state index in [-0.39, 0.29) is 0 Å². The smallest absolute Gasteiger partial charge is 0.143 e. The SMILES string of the molecule is [B]c1c(N(c2ccc(CCCC)cc2-c2ccccc2)c2cc3c(oc4ccccc43)c3c2CN2c4ccccc4Sc4cccc-3c42)ccc2oc3ccccc3c12. The number of furan rings is 2. The van der Waals surface area contributed by atoms with Crippen LogP contribution in [-0.2, 0) is 13.0 Å². The van der Waals surface area contributed by atoms with Gasteiger partial charge in [0, 0.05) is 59.3 Å². The van der Waals surface area contributed by atoms with Crippen LogP contribution < -0.4 is 15.3 Å². The molecule has 280 valence electrons. The minimum absolute atomic E-state index is 0.641. The third-order valence-electron chi connectivity index (χ3n) is 12.2. The molecule has 0 bridgehead atoms. The van der Waals surface area contributed by atoms with Gasteiger partial charge in [-0.3, -0.25) is 0 Å². The average Bonchev–Trinajstić information content (AvgIpc) is 3.86. The van der Waals surface area contributed by atoms with Crippen LogP contribution in [0.5, 0.6) is 0 Å². The molecule has 0 amide bonds. The Kier molecular flexibility index (Phi) is 7.86. The van der Waals surface area contributed by atoms with Crippen molar-refractivity contribution in [1.29, 1.82) is 0 Å². The molecule has 8 aromatic carbocycles. The molecule has 0 spiro atoms. The summed E-state index contributed by atoms with van der Waals surface area (Å²) in [5.41, 5.74) is 16.6. The van der Waals surface area contributed by atoms with Crippen LogP contribution in [0.25, 0.3) is 66.1 Å². The van der Waals surface area contributed by atoms with Crippen LogP contribution in [-0.4, -0.2) is 7.85 Å². The van der Waals surface area contributed by atoms with Gasteiger partial charge in [-0.1, -0.05) is 128 Å². The molecule has 0 saturated carbocycles. The predicted octanol–water partition coefficient (Wildman–Crippen LogP) is 14.5. The maximum absolute atomic E-state index is 7.54. The van der Waals surface area contributed by atoms with Crippen molar-refractivity contribution < 1.29 is 8.83 Å². The zero-order valence-electron chi connectivity index (χ0n) is 32.5. The first kappa shape index (κ1) is 34.4. The summed E-state index contributed by atoms with van der Waals surface area (Å²) >= 11 is 1.84. The fourth-order valence-corrected chi connectivity index (χ4v) is 10.6. The Labute approximate surface area is 348 Å². The number of benzene rings is 8. The predicted molar refractivity (Wildman–Crippen MR) is 247 cm³/mol. The number of unbranched alkanes of at least 4 members (excludes halogenated alkanes) is 1. The third kappa shape index (κ3) is 5.26. The van der Waals surface area contributed by atoms with E-state index in [1.165, 1.54) is 37.9 Å². The van der Waals surface area contributed by atoms with Crippen molar-refractivity contribution in [3.8, 4) is 22.3 Å². The Bertz CT molecular complexity index is 3310. The van der Waals surface area contributed by atoms with Crippen LogP contribution in [0.2, 0.25) is 0 Å². The maximum Gasteiger partial charge on any atom is 0.143 e. The summed E-state index contributed by atoms with van der Waals surface area (Å²) in [4.78, 5) is 7.44. The number of rotatable bonds is 7. The Balaban J connectivity index is 1.23. The summed E-state index contributed by atoms with van der Waals surface area (Å²) in [5, 5.41) is 4.08. The summed E-state index contributed by atoms with van der Waals surface area (Å²) in [6.07, 6.45) is 3.28. The molecular formula is C53H37BN2O2S. The summed E-state index contributed by atoms with van der Waals surface area (Å²) in [5.74, 6) is 0. The molecule has 12 rings (SSSR count). The first-order chi connectivity index (χ1) is 29.1. The highest BCUT2D eigenvalue weighted by Crippen LogP contribution is 2.59. The Hall–Kier alpha value is -6.63. The zero-order valence-corrected chi connectivity index (χ0v) is 33.4.